The Kier molecular flexibility index (Phi) is 13.6. The predicted molar refractivity (Wildman–Crippen MR) is 107 cm³/mol. The van der Waals surface area contributed by atoms with Crippen LogP contribution < -0.4 is 5.73 Å². The summed E-state index contributed by atoms with van der Waals surface area (Å²) in [5.74, 6) is 0. The molecule has 3 atom stereocenters. The zero-order valence-electron chi connectivity index (χ0n) is 17.9. The minimum absolute atomic E-state index is 0.0190. The predicted octanol–water partition coefficient (Wildman–Crippen LogP) is -1.31. The molecule has 0 aromatic rings. The maximum atomic E-state index is 10.2. The fourth-order valence-corrected chi connectivity index (χ4v) is 2.87. The molecule has 9 nitrogen and oxygen atoms in total. The first-order valence-corrected chi connectivity index (χ1v) is 9.94. The minimum atomic E-state index is -1.38. The van der Waals surface area contributed by atoms with Gasteiger partial charge in [-0.3, -0.25) is 4.90 Å². The summed E-state index contributed by atoms with van der Waals surface area (Å²) >= 11 is 0. The largest absolute Gasteiger partial charge is 0.396 e. The number of aliphatic hydroxyl groups excluding tert-OH is 5. The van der Waals surface area contributed by atoms with Gasteiger partial charge in [-0.05, 0) is 40.5 Å². The molecule has 0 aliphatic carbocycles. The second-order valence-electron chi connectivity index (χ2n) is 8.35. The Labute approximate surface area is 169 Å². The summed E-state index contributed by atoms with van der Waals surface area (Å²) in [5.41, 5.74) is 4.56. The molecule has 0 saturated heterocycles. The van der Waals surface area contributed by atoms with Crippen LogP contribution in [0, 0.1) is 0 Å². The zero-order valence-corrected chi connectivity index (χ0v) is 17.9. The normalized spacial score (nSPS) is 16.4. The van der Waals surface area contributed by atoms with Crippen LogP contribution in [0.1, 0.15) is 40.5 Å². The Bertz CT molecular complexity index is 396. The Morgan fingerprint density at radius 2 is 1.50 bits per heavy atom. The van der Waals surface area contributed by atoms with Crippen molar-refractivity contribution in [2.75, 3.05) is 52.6 Å². The van der Waals surface area contributed by atoms with E-state index in [1.807, 2.05) is 27.7 Å². The van der Waals surface area contributed by atoms with Gasteiger partial charge in [0.15, 0.2) is 0 Å². The number of ether oxygens (including phenoxy) is 2. The first-order chi connectivity index (χ1) is 13.0. The molecular weight excluding hydrogens is 368 g/mol. The van der Waals surface area contributed by atoms with E-state index in [4.69, 9.17) is 20.3 Å². The average molecular weight is 411 g/mol. The van der Waals surface area contributed by atoms with Crippen LogP contribution in [0.4, 0.5) is 0 Å². The molecule has 0 aromatic carbocycles. The molecule has 0 fully saturated rings. The molecule has 0 spiro atoms. The average Bonchev–Trinajstić information content (AvgIpc) is 2.58. The number of aliphatic hydroxyl groups is 5. The van der Waals surface area contributed by atoms with Crippen molar-refractivity contribution in [1.29, 1.82) is 0 Å². The van der Waals surface area contributed by atoms with Crippen LogP contribution in [-0.4, -0.2) is 113 Å². The monoisotopic (exact) mass is 410 g/mol. The van der Waals surface area contributed by atoms with E-state index in [2.05, 4.69) is 0 Å². The maximum Gasteiger partial charge on any atom is 0.107 e. The van der Waals surface area contributed by atoms with Gasteiger partial charge in [-0.1, -0.05) is 0 Å². The lowest BCUT2D eigenvalue weighted by Gasteiger charge is -2.35. The fourth-order valence-electron chi connectivity index (χ4n) is 2.87. The molecule has 0 bridgehead atoms. The number of rotatable bonds is 17. The molecule has 7 N–H and O–H groups in total. The second kappa shape index (κ2) is 13.8. The van der Waals surface area contributed by atoms with E-state index < -0.39 is 23.9 Å². The Morgan fingerprint density at radius 3 is 2.04 bits per heavy atom. The van der Waals surface area contributed by atoms with Crippen molar-refractivity contribution in [3.05, 3.63) is 0 Å². The van der Waals surface area contributed by atoms with Gasteiger partial charge in [-0.15, -0.1) is 0 Å². The summed E-state index contributed by atoms with van der Waals surface area (Å²) in [6, 6.07) is 0. The zero-order chi connectivity index (χ0) is 21.8. The Balaban J connectivity index is 4.62. The van der Waals surface area contributed by atoms with E-state index in [-0.39, 0.29) is 38.3 Å². The molecule has 0 radical (unpaired) electrons. The third-order valence-electron chi connectivity index (χ3n) is 4.49. The van der Waals surface area contributed by atoms with Crippen LogP contribution in [0.3, 0.4) is 0 Å². The van der Waals surface area contributed by atoms with Gasteiger partial charge in [0.2, 0.25) is 0 Å². The summed E-state index contributed by atoms with van der Waals surface area (Å²) in [6.07, 6.45) is -3.14. The summed E-state index contributed by atoms with van der Waals surface area (Å²) in [7, 11) is 0. The smallest absolute Gasteiger partial charge is 0.107 e. The summed E-state index contributed by atoms with van der Waals surface area (Å²) in [5, 5.41) is 48.1. The molecule has 0 amide bonds. The van der Waals surface area contributed by atoms with E-state index in [0.29, 0.717) is 32.7 Å². The maximum absolute atomic E-state index is 10.2. The molecule has 0 aliphatic rings. The second-order valence-corrected chi connectivity index (χ2v) is 8.35. The molecule has 0 aliphatic heterocycles. The lowest BCUT2D eigenvalue weighted by atomic mass is 10.0. The molecule has 170 valence electrons. The van der Waals surface area contributed by atoms with Crippen LogP contribution in [0.5, 0.6) is 0 Å². The van der Waals surface area contributed by atoms with E-state index in [1.54, 1.807) is 4.90 Å². The molecule has 0 saturated carbocycles. The first kappa shape index (κ1) is 27.6. The SMILES string of the molecule is CC(C)(CCOC(C)(C)CN(CCO)CC(O)C(O)C(O)CCO)OCCN. The molecule has 0 heterocycles. The van der Waals surface area contributed by atoms with Gasteiger partial charge < -0.3 is 40.7 Å². The van der Waals surface area contributed by atoms with E-state index in [0.717, 1.165) is 0 Å². The van der Waals surface area contributed by atoms with Crippen LogP contribution in [0.25, 0.3) is 0 Å². The minimum Gasteiger partial charge on any atom is -0.396 e. The molecular formula is C19H42N2O7. The van der Waals surface area contributed by atoms with Crippen LogP contribution in [0.2, 0.25) is 0 Å². The number of hydrogen-bond acceptors (Lipinski definition) is 9. The van der Waals surface area contributed by atoms with Gasteiger partial charge in [-0.2, -0.15) is 0 Å². The fraction of sp³-hybridized carbons (Fsp3) is 1.00. The highest BCUT2D eigenvalue weighted by Gasteiger charge is 2.29. The van der Waals surface area contributed by atoms with Crippen molar-refractivity contribution >= 4 is 0 Å². The summed E-state index contributed by atoms with van der Waals surface area (Å²) in [4.78, 5) is 1.77. The standard InChI is InChI=1S/C19H42N2O7/c1-18(2,28-12-7-20)6-11-27-19(3,4)14-21(8-10-23)13-16(25)17(26)15(24)5-9-22/h15-17,22-26H,5-14,20H2,1-4H3. The van der Waals surface area contributed by atoms with Crippen LogP contribution in [0.15, 0.2) is 0 Å². The lowest BCUT2D eigenvalue weighted by Crippen LogP contribution is -2.49. The Hall–Kier alpha value is -0.360. The quantitative estimate of drug-likeness (QED) is 0.172. The van der Waals surface area contributed by atoms with Crippen LogP contribution in [-0.2, 0) is 9.47 Å². The third-order valence-corrected chi connectivity index (χ3v) is 4.49. The molecule has 0 aromatic heterocycles. The van der Waals surface area contributed by atoms with Gasteiger partial charge in [0, 0.05) is 32.8 Å². The molecule has 3 unspecified atom stereocenters. The van der Waals surface area contributed by atoms with Crippen molar-refractivity contribution in [2.24, 2.45) is 5.73 Å². The van der Waals surface area contributed by atoms with Crippen molar-refractivity contribution in [3.63, 3.8) is 0 Å². The number of hydrogen-bond donors (Lipinski definition) is 6. The van der Waals surface area contributed by atoms with E-state index in [1.165, 1.54) is 0 Å². The topological polar surface area (TPSA) is 149 Å². The van der Waals surface area contributed by atoms with Gasteiger partial charge in [0.25, 0.3) is 0 Å². The molecule has 9 heteroatoms. The highest BCUT2D eigenvalue weighted by atomic mass is 16.5. The van der Waals surface area contributed by atoms with Gasteiger partial charge in [0.05, 0.1) is 43.2 Å². The van der Waals surface area contributed by atoms with E-state index in [9.17, 15) is 20.4 Å². The van der Waals surface area contributed by atoms with Gasteiger partial charge in [0.1, 0.15) is 6.10 Å². The van der Waals surface area contributed by atoms with Crippen LogP contribution >= 0.6 is 0 Å². The highest BCUT2D eigenvalue weighted by Crippen LogP contribution is 2.18. The Morgan fingerprint density at radius 1 is 0.893 bits per heavy atom. The first-order valence-electron chi connectivity index (χ1n) is 9.94. The van der Waals surface area contributed by atoms with Crippen molar-refractivity contribution in [1.82, 2.24) is 4.90 Å². The number of nitrogens with two attached hydrogens (primary N) is 1. The van der Waals surface area contributed by atoms with Gasteiger partial charge in [-0.25, -0.2) is 0 Å². The molecule has 28 heavy (non-hydrogen) atoms. The van der Waals surface area contributed by atoms with Crippen molar-refractivity contribution in [2.45, 2.75) is 70.1 Å². The van der Waals surface area contributed by atoms with E-state index >= 15 is 0 Å². The summed E-state index contributed by atoms with van der Waals surface area (Å²) in [6.45, 7) is 9.57. The highest BCUT2D eigenvalue weighted by molar-refractivity contribution is 4.82. The van der Waals surface area contributed by atoms with Crippen molar-refractivity contribution in [3.8, 4) is 0 Å². The third kappa shape index (κ3) is 12.3. The number of nitrogens with zero attached hydrogens (tertiary/aromatic N) is 1. The van der Waals surface area contributed by atoms with Gasteiger partial charge >= 0.3 is 0 Å². The molecule has 0 rings (SSSR count). The summed E-state index contributed by atoms with van der Waals surface area (Å²) < 4.78 is 11.7. The lowest BCUT2D eigenvalue weighted by molar-refractivity contribution is -0.0964. The van der Waals surface area contributed by atoms with Crippen molar-refractivity contribution < 1.29 is 35.0 Å².